The molecule has 0 atom stereocenters. The number of anilines is 3. The summed E-state index contributed by atoms with van der Waals surface area (Å²) in [6, 6.07) is 11.4. The monoisotopic (exact) mass is 301 g/mol. The summed E-state index contributed by atoms with van der Waals surface area (Å²) in [5, 5.41) is 0.445. The zero-order chi connectivity index (χ0) is 15.0. The molecule has 0 aliphatic carbocycles. The van der Waals surface area contributed by atoms with Crippen LogP contribution in [0.5, 0.6) is 0 Å². The Labute approximate surface area is 128 Å². The number of halogens is 1. The second-order valence-corrected chi connectivity index (χ2v) is 5.55. The molecule has 3 rings (SSSR count). The van der Waals surface area contributed by atoms with E-state index in [-0.39, 0.29) is 0 Å². The third-order valence-electron chi connectivity index (χ3n) is 3.73. The first-order valence-corrected chi connectivity index (χ1v) is 7.20. The van der Waals surface area contributed by atoms with Crippen molar-refractivity contribution in [3.63, 3.8) is 0 Å². The molecular weight excluding hydrogens is 286 g/mol. The highest BCUT2D eigenvalue weighted by Gasteiger charge is 2.24. The highest BCUT2D eigenvalue weighted by Crippen LogP contribution is 2.40. The van der Waals surface area contributed by atoms with Gasteiger partial charge in [-0.05, 0) is 36.6 Å². The van der Waals surface area contributed by atoms with Crippen molar-refractivity contribution in [3.05, 3.63) is 52.5 Å². The molecule has 1 heterocycles. The van der Waals surface area contributed by atoms with E-state index in [0.29, 0.717) is 22.0 Å². The van der Waals surface area contributed by atoms with Crippen LogP contribution in [-0.4, -0.2) is 12.5 Å². The second kappa shape index (κ2) is 5.30. The number of carbonyl (C=O) groups is 1. The molecule has 0 saturated carbocycles. The van der Waals surface area contributed by atoms with E-state index in [4.69, 9.17) is 23.1 Å². The molecular formula is C16H16ClN3O. The molecule has 0 fully saturated rings. The van der Waals surface area contributed by atoms with Crippen LogP contribution in [0.25, 0.3) is 0 Å². The van der Waals surface area contributed by atoms with Crippen LogP contribution in [-0.2, 0) is 6.42 Å². The van der Waals surface area contributed by atoms with Gasteiger partial charge in [-0.25, -0.2) is 0 Å². The summed E-state index contributed by atoms with van der Waals surface area (Å²) < 4.78 is 0. The summed E-state index contributed by atoms with van der Waals surface area (Å²) in [4.78, 5) is 13.8. The Morgan fingerprint density at radius 3 is 2.76 bits per heavy atom. The number of hydrogen-bond donors (Lipinski definition) is 2. The normalized spacial score (nSPS) is 13.9. The van der Waals surface area contributed by atoms with Crippen molar-refractivity contribution in [1.29, 1.82) is 0 Å². The van der Waals surface area contributed by atoms with Gasteiger partial charge in [-0.3, -0.25) is 4.79 Å². The molecule has 2 aromatic rings. The van der Waals surface area contributed by atoms with Crippen molar-refractivity contribution in [2.75, 3.05) is 17.2 Å². The summed E-state index contributed by atoms with van der Waals surface area (Å²) in [6.07, 6.45) is 2.01. The van der Waals surface area contributed by atoms with Gasteiger partial charge < -0.3 is 16.4 Å². The van der Waals surface area contributed by atoms with Crippen LogP contribution in [0.15, 0.2) is 36.4 Å². The Morgan fingerprint density at radius 1 is 1.24 bits per heavy atom. The molecule has 0 bridgehead atoms. The summed E-state index contributed by atoms with van der Waals surface area (Å²) >= 11 is 6.35. The molecule has 21 heavy (non-hydrogen) atoms. The van der Waals surface area contributed by atoms with Crippen LogP contribution >= 0.6 is 11.6 Å². The average molecular weight is 302 g/mol. The quantitative estimate of drug-likeness (QED) is 0.837. The van der Waals surface area contributed by atoms with Gasteiger partial charge in [0, 0.05) is 17.9 Å². The van der Waals surface area contributed by atoms with Gasteiger partial charge in [0.25, 0.3) is 5.91 Å². The van der Waals surface area contributed by atoms with Gasteiger partial charge in [-0.15, -0.1) is 0 Å². The van der Waals surface area contributed by atoms with Gasteiger partial charge >= 0.3 is 0 Å². The number of hydrogen-bond acceptors (Lipinski definition) is 3. The Balaban J connectivity index is 2.20. The summed E-state index contributed by atoms with van der Waals surface area (Å²) in [7, 11) is 0. The number of amides is 1. The standard InChI is InChI=1S/C16H16ClN3O/c17-13-9-11(18)8-12(16(19)21)15(13)20-7-3-5-10-4-1-2-6-14(10)20/h1-2,4,6,8-9H,3,5,7,18H2,(H2,19,21). The van der Waals surface area contributed by atoms with Crippen molar-refractivity contribution < 1.29 is 4.79 Å². The van der Waals surface area contributed by atoms with Crippen LogP contribution in [0.3, 0.4) is 0 Å². The van der Waals surface area contributed by atoms with Gasteiger partial charge in [0.2, 0.25) is 0 Å². The van der Waals surface area contributed by atoms with Crippen molar-refractivity contribution in [3.8, 4) is 0 Å². The van der Waals surface area contributed by atoms with Gasteiger partial charge in [0.1, 0.15) is 0 Å². The fourth-order valence-electron chi connectivity index (χ4n) is 2.85. The predicted molar refractivity (Wildman–Crippen MR) is 86.2 cm³/mol. The predicted octanol–water partition coefficient (Wildman–Crippen LogP) is 3.11. The van der Waals surface area contributed by atoms with E-state index in [9.17, 15) is 4.79 Å². The number of fused-ring (bicyclic) bond motifs is 1. The van der Waals surface area contributed by atoms with E-state index < -0.39 is 5.91 Å². The fraction of sp³-hybridized carbons (Fsp3) is 0.188. The summed E-state index contributed by atoms with van der Waals surface area (Å²) in [5.41, 5.74) is 15.0. The van der Waals surface area contributed by atoms with Crippen molar-refractivity contribution >= 4 is 34.6 Å². The molecule has 1 aliphatic rings. The highest BCUT2D eigenvalue weighted by atomic mass is 35.5. The van der Waals surface area contributed by atoms with E-state index >= 15 is 0 Å². The molecule has 1 amide bonds. The topological polar surface area (TPSA) is 72.3 Å². The SMILES string of the molecule is NC(=O)c1cc(N)cc(Cl)c1N1CCCc2ccccc21. The second-order valence-electron chi connectivity index (χ2n) is 5.15. The van der Waals surface area contributed by atoms with Crippen molar-refractivity contribution in [1.82, 2.24) is 0 Å². The Hall–Kier alpha value is -2.20. The number of para-hydroxylation sites is 1. The van der Waals surface area contributed by atoms with Crippen LogP contribution in [0.1, 0.15) is 22.3 Å². The fourth-order valence-corrected chi connectivity index (χ4v) is 3.18. The van der Waals surface area contributed by atoms with Gasteiger partial charge in [-0.2, -0.15) is 0 Å². The van der Waals surface area contributed by atoms with Gasteiger partial charge in [0.15, 0.2) is 0 Å². The minimum Gasteiger partial charge on any atom is -0.399 e. The minimum atomic E-state index is -0.526. The molecule has 5 heteroatoms. The molecule has 0 spiro atoms. The number of benzene rings is 2. The number of nitrogens with two attached hydrogens (primary N) is 2. The molecule has 0 saturated heterocycles. The number of rotatable bonds is 2. The van der Waals surface area contributed by atoms with Gasteiger partial charge in [0.05, 0.1) is 16.3 Å². The van der Waals surface area contributed by atoms with Crippen molar-refractivity contribution in [2.45, 2.75) is 12.8 Å². The molecule has 0 radical (unpaired) electrons. The maximum Gasteiger partial charge on any atom is 0.250 e. The van der Waals surface area contributed by atoms with Crippen LogP contribution in [0, 0.1) is 0 Å². The summed E-state index contributed by atoms with van der Waals surface area (Å²) in [5.74, 6) is -0.526. The van der Waals surface area contributed by atoms with Crippen LogP contribution < -0.4 is 16.4 Å². The Morgan fingerprint density at radius 2 is 2.00 bits per heavy atom. The van der Waals surface area contributed by atoms with E-state index in [2.05, 4.69) is 11.0 Å². The Kier molecular flexibility index (Phi) is 3.47. The number of carbonyl (C=O) groups excluding carboxylic acids is 1. The third kappa shape index (κ3) is 2.43. The molecule has 2 aromatic carbocycles. The largest absolute Gasteiger partial charge is 0.399 e. The molecule has 4 N–H and O–H groups in total. The minimum absolute atomic E-state index is 0.358. The van der Waals surface area contributed by atoms with Crippen LogP contribution in [0.4, 0.5) is 17.1 Å². The number of primary amides is 1. The lowest BCUT2D eigenvalue weighted by molar-refractivity contribution is 0.100. The molecule has 1 aliphatic heterocycles. The number of nitrogen functional groups attached to an aromatic ring is 1. The smallest absolute Gasteiger partial charge is 0.250 e. The van der Waals surface area contributed by atoms with E-state index in [1.54, 1.807) is 12.1 Å². The average Bonchev–Trinajstić information content (AvgIpc) is 2.46. The Bertz CT molecular complexity index is 715. The number of aryl methyl sites for hydroxylation is 1. The number of nitrogens with zero attached hydrogens (tertiary/aromatic N) is 1. The zero-order valence-electron chi connectivity index (χ0n) is 11.5. The first kappa shape index (κ1) is 13.8. The third-order valence-corrected chi connectivity index (χ3v) is 4.02. The van der Waals surface area contributed by atoms with Gasteiger partial charge in [-0.1, -0.05) is 29.8 Å². The van der Waals surface area contributed by atoms with E-state index in [1.807, 2.05) is 18.2 Å². The van der Waals surface area contributed by atoms with Crippen LogP contribution in [0.2, 0.25) is 5.02 Å². The molecule has 108 valence electrons. The zero-order valence-corrected chi connectivity index (χ0v) is 12.2. The highest BCUT2D eigenvalue weighted by molar-refractivity contribution is 6.34. The van der Waals surface area contributed by atoms with Crippen molar-refractivity contribution in [2.24, 2.45) is 5.73 Å². The summed E-state index contributed by atoms with van der Waals surface area (Å²) in [6.45, 7) is 0.793. The first-order chi connectivity index (χ1) is 10.1. The lowest BCUT2D eigenvalue weighted by atomic mass is 9.99. The van der Waals surface area contributed by atoms with E-state index in [0.717, 1.165) is 25.1 Å². The maximum atomic E-state index is 11.8. The lowest BCUT2D eigenvalue weighted by Crippen LogP contribution is -2.27. The van der Waals surface area contributed by atoms with E-state index in [1.165, 1.54) is 5.56 Å². The lowest BCUT2D eigenvalue weighted by Gasteiger charge is -2.33. The molecule has 0 aromatic heterocycles. The maximum absolute atomic E-state index is 11.8. The molecule has 0 unspecified atom stereocenters. The molecule has 4 nitrogen and oxygen atoms in total. The first-order valence-electron chi connectivity index (χ1n) is 6.82.